The maximum Gasteiger partial charge on any atom is 0.335 e. The van der Waals surface area contributed by atoms with Gasteiger partial charge in [0, 0.05) is 0 Å². The molecule has 32 heavy (non-hydrogen) atoms. The molecule has 1 fully saturated rings. The van der Waals surface area contributed by atoms with E-state index in [2.05, 4.69) is 0 Å². The Hall–Kier alpha value is -3.57. The number of aromatic carboxylic acids is 2. The number of thiocarbonyl (C=S) groups is 1. The van der Waals surface area contributed by atoms with Crippen molar-refractivity contribution >= 4 is 57.9 Å². The number of amides is 1. The number of carbonyl (C=O) groups excluding carboxylic acids is 1. The summed E-state index contributed by atoms with van der Waals surface area (Å²) >= 11 is 6.31. The Bertz CT molecular complexity index is 1120. The first-order chi connectivity index (χ1) is 15.2. The Morgan fingerprint density at radius 2 is 1.47 bits per heavy atom. The minimum Gasteiger partial charge on any atom is -0.493 e. The van der Waals surface area contributed by atoms with E-state index in [0.29, 0.717) is 22.8 Å². The van der Waals surface area contributed by atoms with Crippen LogP contribution in [0.5, 0.6) is 17.2 Å². The molecule has 1 aliphatic heterocycles. The third-order valence-electron chi connectivity index (χ3n) is 4.45. The van der Waals surface area contributed by atoms with E-state index in [1.165, 1.54) is 33.5 Å². The molecule has 2 aromatic rings. The Morgan fingerprint density at radius 1 is 0.938 bits per heavy atom. The average Bonchev–Trinajstić information content (AvgIpc) is 3.05. The fraction of sp³-hybridized carbons (Fsp3) is 0.143. The van der Waals surface area contributed by atoms with Gasteiger partial charge in [-0.3, -0.25) is 9.69 Å². The van der Waals surface area contributed by atoms with Crippen molar-refractivity contribution in [3.8, 4) is 17.2 Å². The number of carboxylic acids is 2. The molecular weight excluding hydrogens is 458 g/mol. The van der Waals surface area contributed by atoms with Gasteiger partial charge in [-0.1, -0.05) is 24.0 Å². The van der Waals surface area contributed by atoms with Gasteiger partial charge in [0.05, 0.1) is 43.0 Å². The van der Waals surface area contributed by atoms with E-state index in [9.17, 15) is 24.6 Å². The highest BCUT2D eigenvalue weighted by Gasteiger charge is 2.34. The highest BCUT2D eigenvalue weighted by Crippen LogP contribution is 2.41. The number of hydrogen-bond donors (Lipinski definition) is 2. The normalized spacial score (nSPS) is 14.6. The molecule has 1 aliphatic rings. The van der Waals surface area contributed by atoms with Gasteiger partial charge in [0.15, 0.2) is 15.8 Å². The largest absolute Gasteiger partial charge is 0.493 e. The first-order valence-corrected chi connectivity index (χ1v) is 10.1. The Morgan fingerprint density at radius 3 is 1.91 bits per heavy atom. The second-order valence-corrected chi connectivity index (χ2v) is 8.03. The molecule has 2 N–H and O–H groups in total. The van der Waals surface area contributed by atoms with E-state index in [1.54, 1.807) is 18.2 Å². The van der Waals surface area contributed by atoms with Crippen LogP contribution in [0.15, 0.2) is 35.2 Å². The number of carboxylic acid groups (broad SMARTS) is 2. The summed E-state index contributed by atoms with van der Waals surface area (Å²) in [5, 5.41) is 18.6. The van der Waals surface area contributed by atoms with Gasteiger partial charge in [0.1, 0.15) is 0 Å². The summed E-state index contributed by atoms with van der Waals surface area (Å²) in [4.78, 5) is 37.2. The van der Waals surface area contributed by atoms with Gasteiger partial charge in [0.2, 0.25) is 5.75 Å². The highest BCUT2D eigenvalue weighted by atomic mass is 32.2. The van der Waals surface area contributed by atoms with Crippen LogP contribution >= 0.6 is 24.0 Å². The van der Waals surface area contributed by atoms with Crippen LogP contribution in [0.1, 0.15) is 26.3 Å². The summed E-state index contributed by atoms with van der Waals surface area (Å²) < 4.78 is 16.1. The highest BCUT2D eigenvalue weighted by molar-refractivity contribution is 8.27. The molecule has 3 rings (SSSR count). The fourth-order valence-electron chi connectivity index (χ4n) is 3.01. The van der Waals surface area contributed by atoms with Crippen molar-refractivity contribution in [2.24, 2.45) is 0 Å². The summed E-state index contributed by atoms with van der Waals surface area (Å²) in [6.07, 6.45) is 1.57. The molecule has 2 aromatic carbocycles. The number of nitrogens with zero attached hydrogens (tertiary/aromatic N) is 1. The van der Waals surface area contributed by atoms with E-state index >= 15 is 0 Å². The Kier molecular flexibility index (Phi) is 6.70. The van der Waals surface area contributed by atoms with Crippen LogP contribution < -0.4 is 19.1 Å². The molecule has 0 spiro atoms. The van der Waals surface area contributed by atoms with E-state index in [-0.39, 0.29) is 26.0 Å². The van der Waals surface area contributed by atoms with Crippen LogP contribution in [0.2, 0.25) is 0 Å². The molecule has 11 heteroatoms. The van der Waals surface area contributed by atoms with Crippen molar-refractivity contribution in [2.75, 3.05) is 26.2 Å². The maximum atomic E-state index is 13.1. The number of rotatable bonds is 7. The third-order valence-corrected chi connectivity index (χ3v) is 5.75. The molecular formula is C21H17NO8S2. The van der Waals surface area contributed by atoms with Gasteiger partial charge < -0.3 is 24.4 Å². The second kappa shape index (κ2) is 9.28. The molecule has 1 saturated heterocycles. The summed E-state index contributed by atoms with van der Waals surface area (Å²) in [5.41, 5.74) is 0.0775. The predicted molar refractivity (Wildman–Crippen MR) is 122 cm³/mol. The lowest BCUT2D eigenvalue weighted by molar-refractivity contribution is -0.113. The van der Waals surface area contributed by atoms with Gasteiger partial charge in [-0.2, -0.15) is 0 Å². The zero-order valence-electron chi connectivity index (χ0n) is 17.1. The van der Waals surface area contributed by atoms with E-state index < -0.39 is 17.8 Å². The minimum atomic E-state index is -1.33. The van der Waals surface area contributed by atoms with Crippen molar-refractivity contribution in [1.82, 2.24) is 0 Å². The minimum absolute atomic E-state index is 0.0538. The van der Waals surface area contributed by atoms with Crippen LogP contribution in [-0.4, -0.2) is 53.7 Å². The standard InChI is InChI=1S/C21H17NO8S2/c1-28-14-4-10(5-15(29-2)17(14)30-3)6-16-18(23)22(21(31)32-16)13-8-11(19(24)25)7-12(9-13)20(26)27/h4-9H,1-3H3,(H,24,25)(H,26,27)/b16-6-. The maximum absolute atomic E-state index is 13.1. The lowest BCUT2D eigenvalue weighted by Gasteiger charge is -2.16. The second-order valence-electron chi connectivity index (χ2n) is 6.35. The van der Waals surface area contributed by atoms with Crippen molar-refractivity contribution in [1.29, 1.82) is 0 Å². The van der Waals surface area contributed by atoms with Crippen molar-refractivity contribution in [2.45, 2.75) is 0 Å². The molecule has 0 atom stereocenters. The fourth-order valence-corrected chi connectivity index (χ4v) is 4.31. The molecule has 1 heterocycles. The topological polar surface area (TPSA) is 123 Å². The molecule has 166 valence electrons. The van der Waals surface area contributed by atoms with Crippen LogP contribution in [-0.2, 0) is 4.79 Å². The van der Waals surface area contributed by atoms with Gasteiger partial charge in [0.25, 0.3) is 5.91 Å². The lowest BCUT2D eigenvalue weighted by atomic mass is 10.1. The molecule has 1 amide bonds. The monoisotopic (exact) mass is 475 g/mol. The van der Waals surface area contributed by atoms with Gasteiger partial charge in [-0.15, -0.1) is 0 Å². The van der Waals surface area contributed by atoms with E-state index in [0.717, 1.165) is 22.7 Å². The van der Waals surface area contributed by atoms with Crippen LogP contribution in [0, 0.1) is 0 Å². The SMILES string of the molecule is COc1cc(/C=C2\SC(=S)N(c3cc(C(=O)O)cc(C(=O)O)c3)C2=O)cc(OC)c1OC. The summed E-state index contributed by atoms with van der Waals surface area (Å²) in [6, 6.07) is 6.71. The smallest absolute Gasteiger partial charge is 0.335 e. The zero-order chi connectivity index (χ0) is 23.6. The number of benzene rings is 2. The van der Waals surface area contributed by atoms with Crippen molar-refractivity contribution < 1.29 is 38.8 Å². The van der Waals surface area contributed by atoms with E-state index in [4.69, 9.17) is 26.4 Å². The zero-order valence-corrected chi connectivity index (χ0v) is 18.7. The first-order valence-electron chi connectivity index (χ1n) is 8.89. The number of carbonyl (C=O) groups is 3. The molecule has 9 nitrogen and oxygen atoms in total. The van der Waals surface area contributed by atoms with Gasteiger partial charge in [-0.05, 0) is 42.0 Å². The van der Waals surface area contributed by atoms with E-state index in [1.807, 2.05) is 0 Å². The van der Waals surface area contributed by atoms with Crippen LogP contribution in [0.4, 0.5) is 5.69 Å². The number of hydrogen-bond acceptors (Lipinski definition) is 8. The molecule has 0 aromatic heterocycles. The van der Waals surface area contributed by atoms with Crippen LogP contribution in [0.25, 0.3) is 6.08 Å². The van der Waals surface area contributed by atoms with Crippen molar-refractivity contribution in [3.63, 3.8) is 0 Å². The predicted octanol–water partition coefficient (Wildman–Crippen LogP) is 3.51. The quantitative estimate of drug-likeness (QED) is 0.454. The van der Waals surface area contributed by atoms with Crippen molar-refractivity contribution in [3.05, 3.63) is 51.9 Å². The van der Waals surface area contributed by atoms with Gasteiger partial charge >= 0.3 is 11.9 Å². The summed E-state index contributed by atoms with van der Waals surface area (Å²) in [6.45, 7) is 0. The molecule has 0 unspecified atom stereocenters. The molecule has 0 saturated carbocycles. The summed E-state index contributed by atoms with van der Waals surface area (Å²) in [5.74, 6) is -1.98. The number of thioether (sulfide) groups is 1. The average molecular weight is 476 g/mol. The lowest BCUT2D eigenvalue weighted by Crippen LogP contribution is -2.28. The number of anilines is 1. The Balaban J connectivity index is 2.04. The molecule has 0 aliphatic carbocycles. The number of ether oxygens (including phenoxy) is 3. The van der Waals surface area contributed by atoms with Gasteiger partial charge in [-0.25, -0.2) is 9.59 Å². The third kappa shape index (κ3) is 4.39. The van der Waals surface area contributed by atoms with Crippen LogP contribution in [0.3, 0.4) is 0 Å². The molecule has 0 radical (unpaired) electrons. The first kappa shape index (κ1) is 23.1. The summed E-state index contributed by atoms with van der Waals surface area (Å²) in [7, 11) is 4.41. The Labute approximate surface area is 192 Å². The molecule has 0 bridgehead atoms. The number of methoxy groups -OCH3 is 3.